The summed E-state index contributed by atoms with van der Waals surface area (Å²) in [7, 11) is 2.02. The van der Waals surface area contributed by atoms with Gasteiger partial charge in [-0.2, -0.15) is 13.2 Å². The van der Waals surface area contributed by atoms with Crippen molar-refractivity contribution in [2.75, 3.05) is 18.4 Å². The first-order valence-corrected chi connectivity index (χ1v) is 15.7. The Morgan fingerprint density at radius 1 is 1.00 bits per heavy atom. The number of hydrogen-bond donors (Lipinski definition) is 1. The molecule has 1 aromatic heterocycles. The van der Waals surface area contributed by atoms with Crippen molar-refractivity contribution in [3.8, 4) is 0 Å². The highest BCUT2D eigenvalue weighted by Crippen LogP contribution is 2.45. The van der Waals surface area contributed by atoms with Crippen molar-refractivity contribution in [3.05, 3.63) is 76.9 Å². The first kappa shape index (κ1) is 30.6. The SMILES string of the molecule is Cc1nc2cc(C3=CC=C(C4CC(N5CCCCC5)CC(C(=O)Nc5ccc(C(F)(F)F)cc5F)[C@@H]4C)CC3)ccc2n1C. The molecule has 1 aliphatic heterocycles. The van der Waals surface area contributed by atoms with Crippen LogP contribution < -0.4 is 5.32 Å². The number of amides is 1. The molecular formula is C35H40F4N4O. The lowest BCUT2D eigenvalue weighted by Crippen LogP contribution is -2.49. The Morgan fingerprint density at radius 2 is 1.77 bits per heavy atom. The summed E-state index contributed by atoms with van der Waals surface area (Å²) in [6.07, 6.45) is 6.70. The minimum atomic E-state index is -4.65. The van der Waals surface area contributed by atoms with Crippen LogP contribution in [0.2, 0.25) is 0 Å². The summed E-state index contributed by atoms with van der Waals surface area (Å²) in [5.41, 5.74) is 4.58. The number of nitrogens with zero attached hydrogens (tertiary/aromatic N) is 3. The molecule has 44 heavy (non-hydrogen) atoms. The molecule has 6 rings (SSSR count). The lowest BCUT2D eigenvalue weighted by atomic mass is 9.66. The maximum absolute atomic E-state index is 14.7. The van der Waals surface area contributed by atoms with Gasteiger partial charge in [0.15, 0.2) is 0 Å². The molecule has 1 amide bonds. The number of aromatic nitrogens is 2. The van der Waals surface area contributed by atoms with E-state index in [0.29, 0.717) is 12.5 Å². The van der Waals surface area contributed by atoms with Crippen LogP contribution in [0.3, 0.4) is 0 Å². The first-order valence-electron chi connectivity index (χ1n) is 15.7. The molecule has 2 heterocycles. The fourth-order valence-electron chi connectivity index (χ4n) is 7.55. The van der Waals surface area contributed by atoms with E-state index in [9.17, 15) is 22.4 Å². The maximum Gasteiger partial charge on any atom is 0.416 e. The highest BCUT2D eigenvalue weighted by atomic mass is 19.4. The Bertz CT molecular complexity index is 1610. The van der Waals surface area contributed by atoms with E-state index in [1.807, 2.05) is 14.0 Å². The van der Waals surface area contributed by atoms with E-state index in [4.69, 9.17) is 4.98 Å². The van der Waals surface area contributed by atoms with E-state index in [-0.39, 0.29) is 35.4 Å². The zero-order chi connectivity index (χ0) is 31.2. The number of piperidine rings is 1. The van der Waals surface area contributed by atoms with Gasteiger partial charge in [0.2, 0.25) is 5.91 Å². The molecule has 0 spiro atoms. The number of anilines is 1. The molecule has 1 saturated heterocycles. The van der Waals surface area contributed by atoms with Crippen LogP contribution in [0.5, 0.6) is 0 Å². The van der Waals surface area contributed by atoms with Crippen LogP contribution in [0.25, 0.3) is 16.6 Å². The Balaban J connectivity index is 1.25. The zero-order valence-electron chi connectivity index (χ0n) is 25.6. The zero-order valence-corrected chi connectivity index (χ0v) is 25.6. The van der Waals surface area contributed by atoms with Crippen molar-refractivity contribution < 1.29 is 22.4 Å². The highest BCUT2D eigenvalue weighted by molar-refractivity contribution is 5.93. The smallest absolute Gasteiger partial charge is 0.331 e. The normalized spacial score (nSPS) is 25.1. The number of hydrogen-bond acceptors (Lipinski definition) is 3. The molecule has 0 bridgehead atoms. The van der Waals surface area contributed by atoms with Gasteiger partial charge in [-0.25, -0.2) is 9.37 Å². The molecule has 234 valence electrons. The number of carbonyl (C=O) groups is 1. The third-order valence-corrected chi connectivity index (χ3v) is 10.3. The van der Waals surface area contributed by atoms with Crippen molar-refractivity contribution in [2.24, 2.45) is 24.8 Å². The van der Waals surface area contributed by atoms with Gasteiger partial charge in [0.05, 0.1) is 22.3 Å². The monoisotopic (exact) mass is 608 g/mol. The van der Waals surface area contributed by atoms with Crippen LogP contribution in [0.15, 0.2) is 54.1 Å². The summed E-state index contributed by atoms with van der Waals surface area (Å²) < 4.78 is 56.0. The predicted molar refractivity (Wildman–Crippen MR) is 165 cm³/mol. The molecule has 1 saturated carbocycles. The standard InChI is InChI=1S/C35H40F4N4O/c1-21-28(24-9-7-23(8-10-24)25-11-14-33-32(17-25)40-22(2)42(33)3)19-27(43-15-5-4-6-16-43)20-29(21)34(44)41-31-13-12-26(18-30(31)36)35(37,38)39/h7,9,11-14,17-18,21,27-29H,4-6,8,10,15-16,19-20H2,1-3H3,(H,41,44)/t21-,27?,28?,29?/m1/s1. The number of halogens is 4. The fraction of sp³-hybridized carbons (Fsp3) is 0.486. The molecule has 5 nitrogen and oxygen atoms in total. The van der Waals surface area contributed by atoms with Gasteiger partial charge in [-0.15, -0.1) is 0 Å². The van der Waals surface area contributed by atoms with E-state index < -0.39 is 17.6 Å². The lowest BCUT2D eigenvalue weighted by molar-refractivity contribution is -0.137. The highest BCUT2D eigenvalue weighted by Gasteiger charge is 2.42. The van der Waals surface area contributed by atoms with Crippen molar-refractivity contribution >= 4 is 28.2 Å². The number of likely N-dealkylation sites (tertiary alicyclic amines) is 1. The van der Waals surface area contributed by atoms with E-state index >= 15 is 0 Å². The van der Waals surface area contributed by atoms with Crippen LogP contribution in [0, 0.1) is 30.5 Å². The van der Waals surface area contributed by atoms with E-state index in [1.54, 1.807) is 0 Å². The largest absolute Gasteiger partial charge is 0.416 e. The summed E-state index contributed by atoms with van der Waals surface area (Å²) in [5, 5.41) is 2.65. The number of imidazole rings is 1. The van der Waals surface area contributed by atoms with Crippen LogP contribution >= 0.6 is 0 Å². The molecule has 9 heteroatoms. The molecule has 2 aromatic carbocycles. The Hall–Kier alpha value is -3.46. The molecule has 2 fully saturated rings. The fourth-order valence-corrected chi connectivity index (χ4v) is 7.55. The van der Waals surface area contributed by atoms with Crippen molar-refractivity contribution in [2.45, 2.75) is 71.0 Å². The molecule has 2 aliphatic carbocycles. The van der Waals surface area contributed by atoms with Gasteiger partial charge >= 0.3 is 6.18 Å². The number of aryl methyl sites for hydroxylation is 2. The molecule has 3 unspecified atom stereocenters. The molecule has 4 atom stereocenters. The van der Waals surface area contributed by atoms with E-state index in [1.165, 1.54) is 23.1 Å². The number of fused-ring (bicyclic) bond motifs is 1. The summed E-state index contributed by atoms with van der Waals surface area (Å²) >= 11 is 0. The van der Waals surface area contributed by atoms with Gasteiger partial charge in [-0.1, -0.05) is 37.1 Å². The number of allylic oxidation sites excluding steroid dienone is 4. The Kier molecular flexibility index (Phi) is 8.44. The van der Waals surface area contributed by atoms with Crippen LogP contribution in [0.4, 0.5) is 23.2 Å². The van der Waals surface area contributed by atoms with Gasteiger partial charge < -0.3 is 14.8 Å². The second kappa shape index (κ2) is 12.1. The van der Waals surface area contributed by atoms with Gasteiger partial charge in [0.25, 0.3) is 0 Å². The number of nitrogens with one attached hydrogen (secondary N) is 1. The summed E-state index contributed by atoms with van der Waals surface area (Å²) in [6, 6.07) is 8.94. The Morgan fingerprint density at radius 3 is 2.45 bits per heavy atom. The van der Waals surface area contributed by atoms with E-state index in [0.717, 1.165) is 74.2 Å². The van der Waals surface area contributed by atoms with Gasteiger partial charge in [0.1, 0.15) is 11.6 Å². The van der Waals surface area contributed by atoms with Crippen molar-refractivity contribution in [3.63, 3.8) is 0 Å². The quantitative estimate of drug-likeness (QED) is 0.297. The second-order valence-electron chi connectivity index (χ2n) is 12.8. The molecule has 1 N–H and O–H groups in total. The number of carbonyl (C=O) groups excluding carboxylic acids is 1. The minimum Gasteiger partial charge on any atom is -0.331 e. The number of alkyl halides is 3. The van der Waals surface area contributed by atoms with Gasteiger partial charge in [-0.05, 0) is 112 Å². The maximum atomic E-state index is 14.7. The molecule has 3 aromatic rings. The van der Waals surface area contributed by atoms with E-state index in [2.05, 4.69) is 52.1 Å². The first-order chi connectivity index (χ1) is 21.0. The van der Waals surface area contributed by atoms with Gasteiger partial charge in [-0.3, -0.25) is 4.79 Å². The predicted octanol–water partition coefficient (Wildman–Crippen LogP) is 8.30. The van der Waals surface area contributed by atoms with Crippen LogP contribution in [-0.4, -0.2) is 39.5 Å². The van der Waals surface area contributed by atoms with Crippen molar-refractivity contribution in [1.29, 1.82) is 0 Å². The second-order valence-corrected chi connectivity index (χ2v) is 12.8. The van der Waals surface area contributed by atoms with Crippen LogP contribution in [0.1, 0.15) is 68.8 Å². The number of rotatable bonds is 5. The minimum absolute atomic E-state index is 0.00240. The average Bonchev–Trinajstić information content (AvgIpc) is 3.30. The third kappa shape index (κ3) is 6.08. The summed E-state index contributed by atoms with van der Waals surface area (Å²) in [4.78, 5) is 20.9. The van der Waals surface area contributed by atoms with Crippen molar-refractivity contribution in [1.82, 2.24) is 14.5 Å². The van der Waals surface area contributed by atoms with Crippen LogP contribution in [-0.2, 0) is 18.0 Å². The van der Waals surface area contributed by atoms with Gasteiger partial charge in [0, 0.05) is 19.0 Å². The lowest BCUT2D eigenvalue weighted by Gasteiger charge is -2.46. The summed E-state index contributed by atoms with van der Waals surface area (Å²) in [6.45, 7) is 6.12. The average molecular weight is 609 g/mol. The molecule has 3 aliphatic rings. The topological polar surface area (TPSA) is 50.2 Å². The third-order valence-electron chi connectivity index (χ3n) is 10.3. The molecule has 0 radical (unpaired) electrons. The Labute approximate surface area is 256 Å². The number of benzene rings is 2. The molecular weight excluding hydrogens is 568 g/mol. The summed E-state index contributed by atoms with van der Waals surface area (Å²) in [5.74, 6) is -0.623.